The molecule has 0 bridgehead atoms. The molecule has 0 aliphatic heterocycles. The van der Waals surface area contributed by atoms with Gasteiger partial charge >= 0.3 is 6.18 Å². The fourth-order valence-corrected chi connectivity index (χ4v) is 1.99. The van der Waals surface area contributed by atoms with Crippen LogP contribution in [0, 0.1) is 11.6 Å². The molecule has 2 rings (SSSR count). The van der Waals surface area contributed by atoms with Crippen LogP contribution < -0.4 is 5.32 Å². The molecule has 0 radical (unpaired) electrons. The first-order valence-corrected chi connectivity index (χ1v) is 6.20. The van der Waals surface area contributed by atoms with E-state index in [0.29, 0.717) is 6.07 Å². The Morgan fingerprint density at radius 3 is 2.33 bits per heavy atom. The lowest BCUT2D eigenvalue weighted by atomic mass is 10.1. The third kappa shape index (κ3) is 3.64. The van der Waals surface area contributed by atoms with Crippen molar-refractivity contribution in [1.82, 2.24) is 0 Å². The van der Waals surface area contributed by atoms with Crippen molar-refractivity contribution >= 4 is 17.3 Å². The summed E-state index contributed by atoms with van der Waals surface area (Å²) in [6.07, 6.45) is -4.78. The molecule has 0 saturated heterocycles. The summed E-state index contributed by atoms with van der Waals surface area (Å²) < 4.78 is 64.4. The normalized spacial score (nSPS) is 11.5. The van der Waals surface area contributed by atoms with Gasteiger partial charge in [0.15, 0.2) is 0 Å². The van der Waals surface area contributed by atoms with Crippen LogP contribution in [0.5, 0.6) is 0 Å². The molecule has 0 unspecified atom stereocenters. The number of nitrogens with one attached hydrogen (secondary N) is 1. The van der Waals surface area contributed by atoms with Gasteiger partial charge in [-0.25, -0.2) is 8.78 Å². The summed E-state index contributed by atoms with van der Waals surface area (Å²) in [6.45, 7) is -0.121. The lowest BCUT2D eigenvalue weighted by Crippen LogP contribution is -2.10. The molecule has 2 aromatic carbocycles. The van der Waals surface area contributed by atoms with E-state index in [1.54, 1.807) is 0 Å². The summed E-state index contributed by atoms with van der Waals surface area (Å²) >= 11 is 5.78. The summed E-state index contributed by atoms with van der Waals surface area (Å²) in [5, 5.41) is 2.70. The number of anilines is 1. The highest BCUT2D eigenvalue weighted by molar-refractivity contribution is 6.33. The third-order valence-electron chi connectivity index (χ3n) is 2.77. The zero-order chi connectivity index (χ0) is 15.6. The minimum Gasteiger partial charge on any atom is -0.377 e. The van der Waals surface area contributed by atoms with Crippen molar-refractivity contribution in [3.63, 3.8) is 0 Å². The predicted octanol–water partition coefficient (Wildman–Crippen LogP) is 5.25. The van der Waals surface area contributed by atoms with Gasteiger partial charge in [0.1, 0.15) is 11.6 Å². The predicted molar refractivity (Wildman–Crippen MR) is 70.1 cm³/mol. The average Bonchev–Trinajstić information content (AvgIpc) is 2.38. The molecule has 0 aliphatic carbocycles. The molecule has 0 amide bonds. The van der Waals surface area contributed by atoms with Crippen LogP contribution in [0.15, 0.2) is 36.4 Å². The van der Waals surface area contributed by atoms with E-state index >= 15 is 0 Å². The monoisotopic (exact) mass is 321 g/mol. The zero-order valence-corrected chi connectivity index (χ0v) is 11.2. The maximum atomic E-state index is 13.5. The number of hydrogen-bond acceptors (Lipinski definition) is 1. The van der Waals surface area contributed by atoms with Crippen molar-refractivity contribution < 1.29 is 22.0 Å². The second kappa shape index (κ2) is 5.89. The van der Waals surface area contributed by atoms with Gasteiger partial charge in [-0.15, -0.1) is 0 Å². The second-order valence-corrected chi connectivity index (χ2v) is 4.67. The molecule has 0 saturated carbocycles. The highest BCUT2D eigenvalue weighted by Gasteiger charge is 2.34. The van der Waals surface area contributed by atoms with E-state index in [1.807, 2.05) is 0 Å². The van der Waals surface area contributed by atoms with Crippen LogP contribution in [-0.2, 0) is 12.7 Å². The summed E-state index contributed by atoms with van der Waals surface area (Å²) in [6, 6.07) is 6.60. The van der Waals surface area contributed by atoms with Gasteiger partial charge in [-0.1, -0.05) is 23.7 Å². The summed E-state index contributed by atoms with van der Waals surface area (Å²) in [5.41, 5.74) is -1.22. The van der Waals surface area contributed by atoms with E-state index in [0.717, 1.165) is 6.07 Å². The molecule has 0 heterocycles. The highest BCUT2D eigenvalue weighted by Crippen LogP contribution is 2.32. The first kappa shape index (κ1) is 15.6. The molecule has 0 fully saturated rings. The molecular weight excluding hydrogens is 313 g/mol. The molecule has 1 N–H and O–H groups in total. The van der Waals surface area contributed by atoms with Crippen molar-refractivity contribution in [3.8, 4) is 0 Å². The number of benzene rings is 2. The Labute approximate surface area is 122 Å². The Hall–Kier alpha value is -1.82. The van der Waals surface area contributed by atoms with E-state index in [4.69, 9.17) is 11.6 Å². The van der Waals surface area contributed by atoms with E-state index in [1.165, 1.54) is 24.3 Å². The number of hydrogen-bond donors (Lipinski definition) is 1. The number of alkyl halides is 3. The highest BCUT2D eigenvalue weighted by atomic mass is 35.5. The number of halogens is 6. The smallest absolute Gasteiger partial charge is 0.377 e. The quantitative estimate of drug-likeness (QED) is 0.761. The Balaban J connectivity index is 2.22. The molecule has 0 atom stereocenters. The average molecular weight is 322 g/mol. The summed E-state index contributed by atoms with van der Waals surface area (Å²) in [5.74, 6) is -1.98. The second-order valence-electron chi connectivity index (χ2n) is 4.26. The Morgan fingerprint density at radius 1 is 1.00 bits per heavy atom. The fourth-order valence-electron chi connectivity index (χ4n) is 1.76. The van der Waals surface area contributed by atoms with Crippen LogP contribution in [0.4, 0.5) is 27.6 Å². The van der Waals surface area contributed by atoms with E-state index in [2.05, 4.69) is 5.32 Å². The Bertz CT molecular complexity index is 634. The van der Waals surface area contributed by atoms with Crippen molar-refractivity contribution in [3.05, 3.63) is 64.2 Å². The topological polar surface area (TPSA) is 12.0 Å². The van der Waals surface area contributed by atoms with Crippen molar-refractivity contribution in [2.75, 3.05) is 5.32 Å². The molecule has 7 heteroatoms. The number of rotatable bonds is 3. The number of para-hydroxylation sites is 1. The lowest BCUT2D eigenvalue weighted by Gasteiger charge is -2.12. The van der Waals surface area contributed by atoms with Gasteiger partial charge in [-0.3, -0.25) is 0 Å². The van der Waals surface area contributed by atoms with E-state index in [-0.39, 0.29) is 22.8 Å². The van der Waals surface area contributed by atoms with Crippen LogP contribution in [0.3, 0.4) is 0 Å². The van der Waals surface area contributed by atoms with Gasteiger partial charge in [0.2, 0.25) is 0 Å². The molecular formula is C14H9ClF5N. The molecule has 0 spiro atoms. The fraction of sp³-hybridized carbons (Fsp3) is 0.143. The van der Waals surface area contributed by atoms with Gasteiger partial charge in [-0.05, 0) is 29.8 Å². The van der Waals surface area contributed by atoms with Gasteiger partial charge in [-0.2, -0.15) is 13.2 Å². The minimum atomic E-state index is -4.78. The summed E-state index contributed by atoms with van der Waals surface area (Å²) in [7, 11) is 0. The van der Waals surface area contributed by atoms with Crippen LogP contribution >= 0.6 is 11.6 Å². The SMILES string of the molecule is Fc1ccc(CNc2c(F)cccc2Cl)cc1C(F)(F)F. The Morgan fingerprint density at radius 2 is 1.71 bits per heavy atom. The lowest BCUT2D eigenvalue weighted by molar-refractivity contribution is -0.140. The molecule has 1 nitrogen and oxygen atoms in total. The van der Waals surface area contributed by atoms with Crippen molar-refractivity contribution in [1.29, 1.82) is 0 Å². The molecule has 0 aliphatic rings. The molecule has 2 aromatic rings. The first-order valence-electron chi connectivity index (χ1n) is 5.82. The van der Waals surface area contributed by atoms with Crippen LogP contribution in [0.1, 0.15) is 11.1 Å². The van der Waals surface area contributed by atoms with E-state index in [9.17, 15) is 22.0 Å². The zero-order valence-electron chi connectivity index (χ0n) is 10.4. The first-order chi connectivity index (χ1) is 9.79. The third-order valence-corrected chi connectivity index (χ3v) is 3.08. The maximum absolute atomic E-state index is 13.5. The standard InChI is InChI=1S/C14H9ClF5N/c15-10-2-1-3-12(17)13(10)21-7-8-4-5-11(16)9(6-8)14(18,19)20/h1-6,21H,7H2. The molecule has 112 valence electrons. The van der Waals surface area contributed by atoms with E-state index < -0.39 is 23.4 Å². The van der Waals surface area contributed by atoms with Gasteiger partial charge < -0.3 is 5.32 Å². The van der Waals surface area contributed by atoms with Crippen molar-refractivity contribution in [2.24, 2.45) is 0 Å². The van der Waals surface area contributed by atoms with Crippen LogP contribution in [0.2, 0.25) is 5.02 Å². The van der Waals surface area contributed by atoms with Gasteiger partial charge in [0.25, 0.3) is 0 Å². The Kier molecular flexibility index (Phi) is 4.37. The van der Waals surface area contributed by atoms with Gasteiger partial charge in [0, 0.05) is 6.54 Å². The van der Waals surface area contributed by atoms with Crippen molar-refractivity contribution in [2.45, 2.75) is 12.7 Å². The van der Waals surface area contributed by atoms with Gasteiger partial charge in [0.05, 0.1) is 16.3 Å². The molecule has 21 heavy (non-hydrogen) atoms. The van der Waals surface area contributed by atoms with Crippen LogP contribution in [-0.4, -0.2) is 0 Å². The summed E-state index contributed by atoms with van der Waals surface area (Å²) in [4.78, 5) is 0. The van der Waals surface area contributed by atoms with Crippen LogP contribution in [0.25, 0.3) is 0 Å². The maximum Gasteiger partial charge on any atom is 0.419 e. The minimum absolute atomic E-state index is 0.0166. The molecule has 0 aromatic heterocycles. The largest absolute Gasteiger partial charge is 0.419 e.